The highest BCUT2D eigenvalue weighted by Gasteiger charge is 2.48. The summed E-state index contributed by atoms with van der Waals surface area (Å²) in [5.74, 6) is 0.139. The number of rotatable bonds is 2. The van der Waals surface area contributed by atoms with Crippen molar-refractivity contribution in [1.29, 1.82) is 0 Å². The Kier molecular flexibility index (Phi) is 4.45. The summed E-state index contributed by atoms with van der Waals surface area (Å²) in [6.45, 7) is 6.83. The third-order valence-corrected chi connectivity index (χ3v) is 5.66. The fourth-order valence-electron chi connectivity index (χ4n) is 4.31. The quantitative estimate of drug-likeness (QED) is 0.754. The lowest BCUT2D eigenvalue weighted by Crippen LogP contribution is -2.38. The van der Waals surface area contributed by atoms with Crippen LogP contribution in [0.1, 0.15) is 41.8 Å². The van der Waals surface area contributed by atoms with Crippen molar-refractivity contribution in [3.63, 3.8) is 0 Å². The SMILES string of the molecule is COC(=O)c1ccc2c(c1C)O[C@H]1CO[C@H]([C@@H]3COC(C)(C)O3)[C@H]1CC2. The predicted octanol–water partition coefficient (Wildman–Crippen LogP) is 2.64. The molecule has 6 heteroatoms. The van der Waals surface area contributed by atoms with E-state index in [-0.39, 0.29) is 30.2 Å². The molecule has 0 bridgehead atoms. The van der Waals surface area contributed by atoms with E-state index in [1.165, 1.54) is 7.11 Å². The Hall–Kier alpha value is -1.63. The summed E-state index contributed by atoms with van der Waals surface area (Å²) in [6, 6.07) is 3.80. The van der Waals surface area contributed by atoms with Crippen LogP contribution in [0.3, 0.4) is 0 Å². The van der Waals surface area contributed by atoms with E-state index < -0.39 is 5.79 Å². The van der Waals surface area contributed by atoms with Crippen LogP contribution in [0.15, 0.2) is 12.1 Å². The standard InChI is InChI=1S/C20H26O6/c1-11-13(19(21)22-4)7-5-12-6-8-14-15(25-17(11)12)9-23-18(14)16-10-24-20(2,3)26-16/h5,7,14-16,18H,6,8-10H2,1-4H3/t14-,15-,16-,18-/m0/s1. The molecule has 4 atom stereocenters. The Morgan fingerprint density at radius 2 is 2.04 bits per heavy atom. The highest BCUT2D eigenvalue weighted by atomic mass is 16.8. The molecule has 4 rings (SSSR count). The monoisotopic (exact) mass is 362 g/mol. The van der Waals surface area contributed by atoms with Gasteiger partial charge in [-0.25, -0.2) is 4.79 Å². The van der Waals surface area contributed by atoms with Crippen LogP contribution in [0.5, 0.6) is 5.75 Å². The maximum atomic E-state index is 12.0. The van der Waals surface area contributed by atoms with Crippen LogP contribution in [0.4, 0.5) is 0 Å². The van der Waals surface area contributed by atoms with Gasteiger partial charge in [0.15, 0.2) is 5.79 Å². The molecule has 0 N–H and O–H groups in total. The molecule has 0 amide bonds. The summed E-state index contributed by atoms with van der Waals surface area (Å²) in [5, 5.41) is 0. The molecule has 3 aliphatic rings. The number of methoxy groups -OCH3 is 1. The van der Waals surface area contributed by atoms with Crippen LogP contribution in [0, 0.1) is 12.8 Å². The molecule has 0 spiro atoms. The molecule has 2 saturated heterocycles. The van der Waals surface area contributed by atoms with Gasteiger partial charge in [0.1, 0.15) is 18.0 Å². The van der Waals surface area contributed by atoms with Gasteiger partial charge in [0.05, 0.1) is 32.0 Å². The van der Waals surface area contributed by atoms with E-state index >= 15 is 0 Å². The van der Waals surface area contributed by atoms with E-state index in [2.05, 4.69) is 0 Å². The number of hydrogen-bond donors (Lipinski definition) is 0. The minimum Gasteiger partial charge on any atom is -0.487 e. The van der Waals surface area contributed by atoms with Crippen molar-refractivity contribution in [2.45, 2.75) is 57.7 Å². The molecule has 0 aliphatic carbocycles. The number of fused-ring (bicyclic) bond motifs is 2. The number of benzene rings is 1. The maximum absolute atomic E-state index is 12.0. The average molecular weight is 362 g/mol. The summed E-state index contributed by atoms with van der Waals surface area (Å²) in [7, 11) is 1.39. The lowest BCUT2D eigenvalue weighted by molar-refractivity contribution is -0.155. The first-order valence-electron chi connectivity index (χ1n) is 9.20. The van der Waals surface area contributed by atoms with Gasteiger partial charge in [-0.1, -0.05) is 6.07 Å². The molecule has 0 aromatic heterocycles. The van der Waals surface area contributed by atoms with Crippen LogP contribution in [0.25, 0.3) is 0 Å². The maximum Gasteiger partial charge on any atom is 0.338 e. The van der Waals surface area contributed by atoms with Crippen molar-refractivity contribution in [1.82, 2.24) is 0 Å². The van der Waals surface area contributed by atoms with Gasteiger partial charge in [0.25, 0.3) is 0 Å². The van der Waals surface area contributed by atoms with Gasteiger partial charge < -0.3 is 23.7 Å². The van der Waals surface area contributed by atoms with Gasteiger partial charge in [-0.15, -0.1) is 0 Å². The van der Waals surface area contributed by atoms with E-state index in [0.29, 0.717) is 18.8 Å². The van der Waals surface area contributed by atoms with Crippen LogP contribution in [-0.4, -0.2) is 50.4 Å². The molecule has 3 aliphatic heterocycles. The Morgan fingerprint density at radius 3 is 2.73 bits per heavy atom. The molecule has 2 fully saturated rings. The zero-order valence-electron chi connectivity index (χ0n) is 15.7. The van der Waals surface area contributed by atoms with Gasteiger partial charge in [-0.3, -0.25) is 0 Å². The highest BCUT2D eigenvalue weighted by molar-refractivity contribution is 5.92. The summed E-state index contributed by atoms with van der Waals surface area (Å²) >= 11 is 0. The minimum absolute atomic E-state index is 0.0310. The molecule has 3 heterocycles. The number of carbonyl (C=O) groups is 1. The van der Waals surface area contributed by atoms with E-state index in [1.54, 1.807) is 0 Å². The predicted molar refractivity (Wildman–Crippen MR) is 93.4 cm³/mol. The molecule has 0 saturated carbocycles. The molecule has 1 aromatic carbocycles. The van der Waals surface area contributed by atoms with Crippen LogP contribution < -0.4 is 4.74 Å². The largest absolute Gasteiger partial charge is 0.487 e. The van der Waals surface area contributed by atoms with Gasteiger partial charge in [-0.2, -0.15) is 0 Å². The zero-order valence-corrected chi connectivity index (χ0v) is 15.7. The molecule has 0 radical (unpaired) electrons. The van der Waals surface area contributed by atoms with Gasteiger partial charge in [-0.05, 0) is 45.2 Å². The van der Waals surface area contributed by atoms with Crippen molar-refractivity contribution < 1.29 is 28.5 Å². The molecule has 1 aromatic rings. The second kappa shape index (κ2) is 6.51. The average Bonchev–Trinajstić information content (AvgIpc) is 3.11. The molecule has 26 heavy (non-hydrogen) atoms. The van der Waals surface area contributed by atoms with Crippen LogP contribution in [0.2, 0.25) is 0 Å². The number of ether oxygens (including phenoxy) is 5. The fourth-order valence-corrected chi connectivity index (χ4v) is 4.31. The van der Waals surface area contributed by atoms with Crippen molar-refractivity contribution in [2.75, 3.05) is 20.3 Å². The Labute approximate surface area is 153 Å². The number of hydrogen-bond acceptors (Lipinski definition) is 6. The van der Waals surface area contributed by atoms with E-state index in [0.717, 1.165) is 29.7 Å². The van der Waals surface area contributed by atoms with E-state index in [4.69, 9.17) is 23.7 Å². The first-order chi connectivity index (χ1) is 12.4. The van der Waals surface area contributed by atoms with Gasteiger partial charge in [0, 0.05) is 11.5 Å². The summed E-state index contributed by atoms with van der Waals surface area (Å²) < 4.78 is 29.0. The summed E-state index contributed by atoms with van der Waals surface area (Å²) in [6.07, 6.45) is 1.70. The second-order valence-corrected chi connectivity index (χ2v) is 7.74. The highest BCUT2D eigenvalue weighted by Crippen LogP contribution is 2.41. The van der Waals surface area contributed by atoms with Crippen LogP contribution >= 0.6 is 0 Å². The van der Waals surface area contributed by atoms with Crippen molar-refractivity contribution in [3.8, 4) is 5.75 Å². The summed E-state index contributed by atoms with van der Waals surface area (Å²) in [4.78, 5) is 12.0. The second-order valence-electron chi connectivity index (χ2n) is 7.74. The molecular weight excluding hydrogens is 336 g/mol. The normalized spacial score (nSPS) is 32.3. The van der Waals surface area contributed by atoms with Gasteiger partial charge in [0.2, 0.25) is 0 Å². The Bertz CT molecular complexity index is 712. The number of aryl methyl sites for hydroxylation is 1. The summed E-state index contributed by atoms with van der Waals surface area (Å²) in [5.41, 5.74) is 2.52. The molecule has 142 valence electrons. The first-order valence-corrected chi connectivity index (χ1v) is 9.20. The first kappa shape index (κ1) is 17.8. The zero-order chi connectivity index (χ0) is 18.5. The number of carbonyl (C=O) groups excluding carboxylic acids is 1. The number of esters is 1. The Balaban J connectivity index is 1.57. The molecule has 0 unspecified atom stereocenters. The van der Waals surface area contributed by atoms with Crippen LogP contribution in [-0.2, 0) is 25.4 Å². The van der Waals surface area contributed by atoms with Crippen molar-refractivity contribution in [2.24, 2.45) is 5.92 Å². The lowest BCUT2D eigenvalue weighted by Gasteiger charge is -2.25. The smallest absolute Gasteiger partial charge is 0.338 e. The van der Waals surface area contributed by atoms with Crippen molar-refractivity contribution in [3.05, 3.63) is 28.8 Å². The lowest BCUT2D eigenvalue weighted by atomic mass is 9.90. The van der Waals surface area contributed by atoms with E-state index in [9.17, 15) is 4.79 Å². The van der Waals surface area contributed by atoms with E-state index in [1.807, 2.05) is 32.9 Å². The topological polar surface area (TPSA) is 63.2 Å². The van der Waals surface area contributed by atoms with Crippen molar-refractivity contribution >= 4 is 5.97 Å². The minimum atomic E-state index is -0.563. The third-order valence-electron chi connectivity index (χ3n) is 5.66. The van der Waals surface area contributed by atoms with Gasteiger partial charge >= 0.3 is 5.97 Å². The third kappa shape index (κ3) is 3.00. The fraction of sp³-hybridized carbons (Fsp3) is 0.650. The molecule has 6 nitrogen and oxygen atoms in total. The Morgan fingerprint density at radius 1 is 1.23 bits per heavy atom. The molecular formula is C20H26O6.